The summed E-state index contributed by atoms with van der Waals surface area (Å²) in [6, 6.07) is 1.15. The van der Waals surface area contributed by atoms with Crippen molar-refractivity contribution in [2.45, 2.75) is 6.92 Å². The Hall–Kier alpha value is -0.700. The van der Waals surface area contributed by atoms with Gasteiger partial charge in [-0.1, -0.05) is 22.9 Å². The van der Waals surface area contributed by atoms with E-state index in [1.165, 1.54) is 0 Å². The fourth-order valence-electron chi connectivity index (χ4n) is 0.929. The lowest BCUT2D eigenvalue weighted by molar-refractivity contribution is -0.384. The molecular weight excluding hydrogens is 264 g/mol. The summed E-state index contributed by atoms with van der Waals surface area (Å²) in [7, 11) is 0. The van der Waals surface area contributed by atoms with Gasteiger partial charge in [0.15, 0.2) is 4.34 Å². The van der Waals surface area contributed by atoms with Crippen molar-refractivity contribution in [2.24, 2.45) is 0 Å². The molecule has 0 saturated heterocycles. The zero-order chi connectivity index (χ0) is 11.6. The van der Waals surface area contributed by atoms with Gasteiger partial charge in [0.1, 0.15) is 5.00 Å². The molecule has 1 heterocycles. The van der Waals surface area contributed by atoms with Crippen LogP contribution in [0.15, 0.2) is 6.07 Å². The summed E-state index contributed by atoms with van der Waals surface area (Å²) in [6.45, 7) is 1.82. The Morgan fingerprint density at radius 1 is 1.73 bits per heavy atom. The summed E-state index contributed by atoms with van der Waals surface area (Å²) in [6.07, 6.45) is 0. The molecule has 0 bridgehead atoms. The third kappa shape index (κ3) is 2.65. The first-order valence-corrected chi connectivity index (χ1v) is 6.00. The van der Waals surface area contributed by atoms with E-state index in [-0.39, 0.29) is 21.6 Å². The maximum absolute atomic E-state index is 10.7. The molecule has 1 atom stereocenters. The first kappa shape index (κ1) is 12.4. The number of hydrogen-bond acceptors (Lipinski definition) is 5. The molecular formula is C6H6ClN2O4S2-. The monoisotopic (exact) mass is 269 g/mol. The number of halogens is 1. The zero-order valence-corrected chi connectivity index (χ0v) is 9.90. The van der Waals surface area contributed by atoms with Crippen molar-refractivity contribution in [2.75, 3.05) is 10.8 Å². The van der Waals surface area contributed by atoms with Crippen molar-refractivity contribution in [1.29, 1.82) is 0 Å². The van der Waals surface area contributed by atoms with Crippen LogP contribution in [0.5, 0.6) is 0 Å². The van der Waals surface area contributed by atoms with Crippen molar-refractivity contribution < 1.29 is 13.7 Å². The van der Waals surface area contributed by atoms with Gasteiger partial charge >= 0.3 is 5.69 Å². The molecule has 0 aliphatic carbocycles. The smallest absolute Gasteiger partial charge is 0.300 e. The average Bonchev–Trinajstić information content (AvgIpc) is 2.48. The van der Waals surface area contributed by atoms with Gasteiger partial charge in [-0.05, 0) is 6.92 Å². The van der Waals surface area contributed by atoms with Crippen molar-refractivity contribution in [3.05, 3.63) is 20.5 Å². The third-order valence-corrected chi connectivity index (χ3v) is 3.86. The number of rotatable bonds is 4. The van der Waals surface area contributed by atoms with E-state index in [1.807, 2.05) is 0 Å². The van der Waals surface area contributed by atoms with E-state index in [2.05, 4.69) is 0 Å². The Morgan fingerprint density at radius 2 is 2.33 bits per heavy atom. The molecule has 0 fully saturated rings. The second kappa shape index (κ2) is 4.88. The second-order valence-corrected chi connectivity index (χ2v) is 4.92. The first-order chi connectivity index (χ1) is 6.97. The van der Waals surface area contributed by atoms with E-state index >= 15 is 0 Å². The summed E-state index contributed by atoms with van der Waals surface area (Å²) in [5.74, 6) is 0. The average molecular weight is 270 g/mol. The number of nitrogens with zero attached hydrogens (tertiary/aromatic N) is 2. The van der Waals surface area contributed by atoms with E-state index in [1.54, 1.807) is 6.92 Å². The highest BCUT2D eigenvalue weighted by molar-refractivity contribution is 7.81. The zero-order valence-electron chi connectivity index (χ0n) is 7.51. The van der Waals surface area contributed by atoms with Crippen LogP contribution >= 0.6 is 22.9 Å². The fourth-order valence-corrected chi connectivity index (χ4v) is 2.82. The van der Waals surface area contributed by atoms with E-state index in [0.717, 1.165) is 21.7 Å². The molecule has 6 nitrogen and oxygen atoms in total. The van der Waals surface area contributed by atoms with Crippen LogP contribution in [-0.4, -0.2) is 20.2 Å². The number of hydrogen-bond donors (Lipinski definition) is 0. The van der Waals surface area contributed by atoms with Gasteiger partial charge in [-0.3, -0.25) is 18.6 Å². The molecule has 0 aliphatic rings. The SMILES string of the molecule is CCN(c1cc([N+](=O)[O-])c(Cl)s1)S(=O)[O-]. The normalized spacial score (nSPS) is 12.5. The van der Waals surface area contributed by atoms with Crippen LogP contribution in [-0.2, 0) is 11.3 Å². The Kier molecular flexibility index (Phi) is 4.03. The standard InChI is InChI=1S/C6H7ClN2O4S2/c1-2-8(15(12)13)5-3-4(9(10)11)6(7)14-5/h3H,2H2,1H3,(H,12,13)/p-1. The highest BCUT2D eigenvalue weighted by atomic mass is 35.5. The Bertz CT molecular complexity index is 408. The third-order valence-electron chi connectivity index (χ3n) is 1.57. The molecule has 0 aliphatic heterocycles. The van der Waals surface area contributed by atoms with Gasteiger partial charge in [0, 0.05) is 17.8 Å². The van der Waals surface area contributed by atoms with Gasteiger partial charge in [0.25, 0.3) is 0 Å². The van der Waals surface area contributed by atoms with E-state index < -0.39 is 16.2 Å². The summed E-state index contributed by atoms with van der Waals surface area (Å²) >= 11 is 4.01. The summed E-state index contributed by atoms with van der Waals surface area (Å²) < 4.78 is 22.4. The van der Waals surface area contributed by atoms with Crippen LogP contribution in [0.1, 0.15) is 6.92 Å². The van der Waals surface area contributed by atoms with Gasteiger partial charge in [-0.15, -0.1) is 0 Å². The van der Waals surface area contributed by atoms with Gasteiger partial charge in [-0.25, -0.2) is 0 Å². The van der Waals surface area contributed by atoms with Gasteiger partial charge in [0.2, 0.25) is 0 Å². The molecule has 0 aromatic carbocycles. The second-order valence-electron chi connectivity index (χ2n) is 2.41. The minimum Gasteiger partial charge on any atom is -0.755 e. The van der Waals surface area contributed by atoms with E-state index in [9.17, 15) is 18.9 Å². The number of nitro groups is 1. The van der Waals surface area contributed by atoms with E-state index in [4.69, 9.17) is 11.6 Å². The summed E-state index contributed by atoms with van der Waals surface area (Å²) in [5, 5.41) is 10.7. The molecule has 1 aromatic heterocycles. The van der Waals surface area contributed by atoms with Crippen LogP contribution in [0, 0.1) is 10.1 Å². The highest BCUT2D eigenvalue weighted by Gasteiger charge is 2.20. The van der Waals surface area contributed by atoms with E-state index in [0.29, 0.717) is 0 Å². The lowest BCUT2D eigenvalue weighted by Gasteiger charge is -2.22. The molecule has 15 heavy (non-hydrogen) atoms. The van der Waals surface area contributed by atoms with Crippen molar-refractivity contribution >= 4 is 44.9 Å². The van der Waals surface area contributed by atoms with Gasteiger partial charge < -0.3 is 4.55 Å². The first-order valence-electron chi connectivity index (χ1n) is 3.78. The van der Waals surface area contributed by atoms with Crippen molar-refractivity contribution in [3.8, 4) is 0 Å². The maximum Gasteiger partial charge on any atom is 0.300 e. The molecule has 0 radical (unpaired) electrons. The number of thiophene rings is 1. The molecule has 1 aromatic rings. The number of anilines is 1. The minimum absolute atomic E-state index is 0.0288. The predicted octanol–water partition coefficient (Wildman–Crippen LogP) is 1.93. The molecule has 0 N–H and O–H groups in total. The lowest BCUT2D eigenvalue weighted by atomic mass is 10.5. The van der Waals surface area contributed by atoms with Crippen molar-refractivity contribution in [1.82, 2.24) is 0 Å². The summed E-state index contributed by atoms with van der Waals surface area (Å²) in [5.41, 5.74) is -0.277. The van der Waals surface area contributed by atoms with Crippen LogP contribution in [0.2, 0.25) is 4.34 Å². The Morgan fingerprint density at radius 3 is 2.67 bits per heavy atom. The topological polar surface area (TPSA) is 86.5 Å². The molecule has 0 saturated carbocycles. The Balaban J connectivity index is 3.10. The molecule has 0 spiro atoms. The van der Waals surface area contributed by atoms with Gasteiger partial charge in [0.05, 0.1) is 11.0 Å². The van der Waals surface area contributed by atoms with Crippen LogP contribution < -0.4 is 4.31 Å². The molecule has 84 valence electrons. The summed E-state index contributed by atoms with van der Waals surface area (Å²) in [4.78, 5) is 9.82. The largest absolute Gasteiger partial charge is 0.755 e. The lowest BCUT2D eigenvalue weighted by Crippen LogP contribution is -2.23. The molecule has 9 heteroatoms. The van der Waals surface area contributed by atoms with Crippen LogP contribution in [0.3, 0.4) is 0 Å². The van der Waals surface area contributed by atoms with Crippen LogP contribution in [0.25, 0.3) is 0 Å². The molecule has 1 rings (SSSR count). The molecule has 0 amide bonds. The van der Waals surface area contributed by atoms with Crippen LogP contribution in [0.4, 0.5) is 10.7 Å². The Labute approximate surface area is 97.0 Å². The van der Waals surface area contributed by atoms with Crippen molar-refractivity contribution in [3.63, 3.8) is 0 Å². The highest BCUT2D eigenvalue weighted by Crippen LogP contribution is 2.39. The fraction of sp³-hybridized carbons (Fsp3) is 0.333. The van der Waals surface area contributed by atoms with Gasteiger partial charge in [-0.2, -0.15) is 0 Å². The predicted molar refractivity (Wildman–Crippen MR) is 57.9 cm³/mol. The minimum atomic E-state index is -2.45. The quantitative estimate of drug-likeness (QED) is 0.475. The molecule has 1 unspecified atom stereocenters. The maximum atomic E-state index is 10.7.